The molecular formula is C14H13ClO3. The van der Waals surface area contributed by atoms with Crippen LogP contribution in [0.2, 0.25) is 5.02 Å². The number of hydrogen-bond donors (Lipinski definition) is 2. The third-order valence-corrected chi connectivity index (χ3v) is 3.18. The van der Waals surface area contributed by atoms with Crippen molar-refractivity contribution < 1.29 is 15.0 Å². The minimum Gasteiger partial charge on any atom is -0.508 e. The molecule has 94 valence electrons. The number of hydrogen-bond acceptors (Lipinski definition) is 2. The fourth-order valence-corrected chi connectivity index (χ4v) is 2.06. The predicted octanol–water partition coefficient (Wildman–Crippen LogP) is 3.46. The Labute approximate surface area is 110 Å². The number of benzene rings is 2. The van der Waals surface area contributed by atoms with Gasteiger partial charge < -0.3 is 10.2 Å². The summed E-state index contributed by atoms with van der Waals surface area (Å²) in [6, 6.07) is 8.79. The summed E-state index contributed by atoms with van der Waals surface area (Å²) in [6.07, 6.45) is 0.295. The molecule has 18 heavy (non-hydrogen) atoms. The molecule has 4 heteroatoms. The van der Waals surface area contributed by atoms with Gasteiger partial charge >= 0.3 is 5.97 Å². The molecule has 0 fully saturated rings. The molecule has 0 bridgehead atoms. The minimum atomic E-state index is -0.874. The number of carbonyl (C=O) groups is 1. The first-order chi connectivity index (χ1) is 8.47. The third kappa shape index (κ3) is 2.57. The smallest absolute Gasteiger partial charge is 0.306 e. The molecule has 2 N–H and O–H groups in total. The van der Waals surface area contributed by atoms with Gasteiger partial charge in [0.25, 0.3) is 0 Å². The molecule has 0 aliphatic heterocycles. The van der Waals surface area contributed by atoms with Crippen molar-refractivity contribution in [1.82, 2.24) is 0 Å². The van der Waals surface area contributed by atoms with E-state index in [-0.39, 0.29) is 5.75 Å². The van der Waals surface area contributed by atoms with Gasteiger partial charge in [-0.2, -0.15) is 0 Å². The van der Waals surface area contributed by atoms with Crippen molar-refractivity contribution in [2.24, 2.45) is 5.92 Å². The highest BCUT2D eigenvalue weighted by atomic mass is 35.5. The summed E-state index contributed by atoms with van der Waals surface area (Å²) in [5, 5.41) is 21.2. The monoisotopic (exact) mass is 264 g/mol. The average Bonchev–Trinajstić information content (AvgIpc) is 2.30. The molecule has 3 nitrogen and oxygen atoms in total. The van der Waals surface area contributed by atoms with Gasteiger partial charge in [0.05, 0.1) is 5.92 Å². The zero-order chi connectivity index (χ0) is 13.3. The van der Waals surface area contributed by atoms with E-state index >= 15 is 0 Å². The molecule has 0 aliphatic carbocycles. The summed E-state index contributed by atoms with van der Waals surface area (Å²) in [5.41, 5.74) is 0.625. The van der Waals surface area contributed by atoms with Crippen LogP contribution in [0.1, 0.15) is 12.5 Å². The Hall–Kier alpha value is -1.74. The molecule has 0 amide bonds. The lowest BCUT2D eigenvalue weighted by atomic mass is 9.97. The number of rotatable bonds is 3. The SMILES string of the molecule is CC(Cc1cc2cc(Cl)ccc2cc1O)C(=O)O. The maximum atomic E-state index is 10.8. The second kappa shape index (κ2) is 4.86. The van der Waals surface area contributed by atoms with Gasteiger partial charge in [-0.15, -0.1) is 0 Å². The van der Waals surface area contributed by atoms with Gasteiger partial charge in [-0.1, -0.05) is 24.6 Å². The molecule has 2 aromatic rings. The summed E-state index contributed by atoms with van der Waals surface area (Å²) < 4.78 is 0. The Morgan fingerprint density at radius 3 is 2.67 bits per heavy atom. The predicted molar refractivity (Wildman–Crippen MR) is 71.1 cm³/mol. The van der Waals surface area contributed by atoms with Crippen LogP contribution in [-0.4, -0.2) is 16.2 Å². The Morgan fingerprint density at radius 1 is 1.28 bits per heavy atom. The highest BCUT2D eigenvalue weighted by molar-refractivity contribution is 6.31. The lowest BCUT2D eigenvalue weighted by Gasteiger charge is -2.10. The van der Waals surface area contributed by atoms with Gasteiger partial charge in [-0.05, 0) is 47.0 Å². The number of carboxylic acid groups (broad SMARTS) is 1. The number of halogens is 1. The number of aliphatic carboxylic acids is 1. The molecule has 0 aliphatic rings. The normalized spacial score (nSPS) is 12.6. The summed E-state index contributed by atoms with van der Waals surface area (Å²) in [4.78, 5) is 10.8. The molecule has 0 heterocycles. The largest absolute Gasteiger partial charge is 0.508 e. The lowest BCUT2D eigenvalue weighted by molar-refractivity contribution is -0.141. The highest BCUT2D eigenvalue weighted by Crippen LogP contribution is 2.28. The first kappa shape index (κ1) is 12.7. The summed E-state index contributed by atoms with van der Waals surface area (Å²) in [5.74, 6) is -1.29. The van der Waals surface area contributed by atoms with Gasteiger partial charge in [0.15, 0.2) is 0 Å². The second-order valence-electron chi connectivity index (χ2n) is 4.42. The number of phenols is 1. The number of aromatic hydroxyl groups is 1. The van der Waals surface area contributed by atoms with E-state index in [1.807, 2.05) is 6.07 Å². The zero-order valence-electron chi connectivity index (χ0n) is 9.85. The average molecular weight is 265 g/mol. The van der Waals surface area contributed by atoms with Crippen LogP contribution in [-0.2, 0) is 11.2 Å². The summed E-state index contributed by atoms with van der Waals surface area (Å²) >= 11 is 5.91. The maximum absolute atomic E-state index is 10.8. The van der Waals surface area contributed by atoms with Crippen molar-refractivity contribution in [1.29, 1.82) is 0 Å². The van der Waals surface area contributed by atoms with Crippen molar-refractivity contribution in [3.63, 3.8) is 0 Å². The van der Waals surface area contributed by atoms with Crippen LogP contribution in [0.4, 0.5) is 0 Å². The molecule has 2 rings (SSSR count). The van der Waals surface area contributed by atoms with E-state index in [1.165, 1.54) is 0 Å². The van der Waals surface area contributed by atoms with Gasteiger partial charge in [0.2, 0.25) is 0 Å². The summed E-state index contributed by atoms with van der Waals surface area (Å²) in [6.45, 7) is 1.62. The Kier molecular flexibility index (Phi) is 3.43. The molecule has 1 unspecified atom stereocenters. The van der Waals surface area contributed by atoms with Gasteiger partial charge in [0.1, 0.15) is 5.75 Å². The number of phenolic OH excluding ortho intramolecular Hbond substituents is 1. The first-order valence-electron chi connectivity index (χ1n) is 5.61. The molecule has 0 spiro atoms. The summed E-state index contributed by atoms with van der Waals surface area (Å²) in [7, 11) is 0. The molecule has 0 saturated heterocycles. The topological polar surface area (TPSA) is 57.5 Å². The Morgan fingerprint density at radius 2 is 2.00 bits per heavy atom. The van der Waals surface area contributed by atoms with E-state index in [2.05, 4.69) is 0 Å². The fourth-order valence-electron chi connectivity index (χ4n) is 1.88. The molecule has 0 saturated carbocycles. The van der Waals surface area contributed by atoms with E-state index in [9.17, 15) is 9.90 Å². The quantitative estimate of drug-likeness (QED) is 0.893. The fraction of sp³-hybridized carbons (Fsp3) is 0.214. The van der Waals surface area contributed by atoms with Crippen molar-refractivity contribution in [2.45, 2.75) is 13.3 Å². The second-order valence-corrected chi connectivity index (χ2v) is 4.85. The molecule has 0 radical (unpaired) electrons. The molecule has 1 atom stereocenters. The van der Waals surface area contributed by atoms with Gasteiger partial charge in [-0.25, -0.2) is 0 Å². The zero-order valence-corrected chi connectivity index (χ0v) is 10.6. The van der Waals surface area contributed by atoms with Crippen LogP contribution in [0, 0.1) is 5.92 Å². The Balaban J connectivity index is 2.44. The highest BCUT2D eigenvalue weighted by Gasteiger charge is 2.14. The van der Waals surface area contributed by atoms with Crippen LogP contribution < -0.4 is 0 Å². The van der Waals surface area contributed by atoms with Gasteiger partial charge in [0, 0.05) is 5.02 Å². The molecule has 0 aromatic heterocycles. The molecule has 2 aromatic carbocycles. The van der Waals surface area contributed by atoms with E-state index in [0.717, 1.165) is 10.8 Å². The van der Waals surface area contributed by atoms with Crippen LogP contribution >= 0.6 is 11.6 Å². The van der Waals surface area contributed by atoms with Crippen molar-refractivity contribution in [2.75, 3.05) is 0 Å². The van der Waals surface area contributed by atoms with E-state index in [0.29, 0.717) is 17.0 Å². The number of fused-ring (bicyclic) bond motifs is 1. The molecular weight excluding hydrogens is 252 g/mol. The van der Waals surface area contributed by atoms with Crippen LogP contribution in [0.3, 0.4) is 0 Å². The Bertz CT molecular complexity index is 607. The van der Waals surface area contributed by atoms with Crippen molar-refractivity contribution in [3.05, 3.63) is 40.9 Å². The third-order valence-electron chi connectivity index (χ3n) is 2.95. The first-order valence-corrected chi connectivity index (χ1v) is 5.99. The maximum Gasteiger partial charge on any atom is 0.306 e. The van der Waals surface area contributed by atoms with E-state index in [4.69, 9.17) is 16.7 Å². The van der Waals surface area contributed by atoms with Crippen LogP contribution in [0.5, 0.6) is 5.75 Å². The van der Waals surface area contributed by atoms with Crippen LogP contribution in [0.15, 0.2) is 30.3 Å². The van der Waals surface area contributed by atoms with E-state index < -0.39 is 11.9 Å². The number of carboxylic acids is 1. The van der Waals surface area contributed by atoms with Gasteiger partial charge in [-0.3, -0.25) is 4.79 Å². The van der Waals surface area contributed by atoms with Crippen molar-refractivity contribution >= 4 is 28.3 Å². The minimum absolute atomic E-state index is 0.123. The standard InChI is InChI=1S/C14H13ClO3/c1-8(14(17)18)4-11-5-10-6-12(15)3-2-9(10)7-13(11)16/h2-3,5-8,16H,4H2,1H3,(H,17,18). The van der Waals surface area contributed by atoms with E-state index in [1.54, 1.807) is 31.2 Å². The van der Waals surface area contributed by atoms with Crippen molar-refractivity contribution in [3.8, 4) is 5.75 Å². The van der Waals surface area contributed by atoms with Crippen LogP contribution in [0.25, 0.3) is 10.8 Å². The lowest BCUT2D eigenvalue weighted by Crippen LogP contribution is -2.12.